The van der Waals surface area contributed by atoms with E-state index in [0.717, 1.165) is 0 Å². The number of pyridine rings is 1. The summed E-state index contributed by atoms with van der Waals surface area (Å²) in [6, 6.07) is 5.43. The van der Waals surface area contributed by atoms with Gasteiger partial charge in [-0.3, -0.25) is 9.69 Å². The van der Waals surface area contributed by atoms with Crippen molar-refractivity contribution in [2.24, 2.45) is 5.92 Å². The molecule has 5 nitrogen and oxygen atoms in total. The monoisotopic (exact) mass is 294 g/mol. The maximum atomic E-state index is 12.0. The quantitative estimate of drug-likeness (QED) is 0.787. The summed E-state index contributed by atoms with van der Waals surface area (Å²) in [5.41, 5.74) is -0.489. The number of aromatic nitrogens is 1. The molecular formula is C14H15ClN2O3. The Balaban J connectivity index is 1.73. The molecule has 1 aliphatic heterocycles. The van der Waals surface area contributed by atoms with Gasteiger partial charge in [0.05, 0.1) is 6.54 Å². The lowest BCUT2D eigenvalue weighted by Crippen LogP contribution is -2.39. The van der Waals surface area contributed by atoms with Crippen molar-refractivity contribution in [2.75, 3.05) is 11.4 Å². The summed E-state index contributed by atoms with van der Waals surface area (Å²) in [5.74, 6) is 0.495. The van der Waals surface area contributed by atoms with E-state index in [1.54, 1.807) is 23.2 Å². The molecule has 1 saturated heterocycles. The molecule has 1 aromatic rings. The fraction of sp³-hybridized carbons (Fsp3) is 0.500. The van der Waals surface area contributed by atoms with Crippen LogP contribution in [0.3, 0.4) is 0 Å². The van der Waals surface area contributed by atoms with E-state index in [0.29, 0.717) is 38.0 Å². The van der Waals surface area contributed by atoms with Crippen LogP contribution in [0.25, 0.3) is 0 Å². The van der Waals surface area contributed by atoms with Crippen LogP contribution in [0.2, 0.25) is 0 Å². The summed E-state index contributed by atoms with van der Waals surface area (Å²) in [5, 5.41) is -0.286. The summed E-state index contributed by atoms with van der Waals surface area (Å²) in [4.78, 5) is 29.0. The van der Waals surface area contributed by atoms with Crippen LogP contribution in [-0.4, -0.2) is 28.5 Å². The molecule has 2 heterocycles. The van der Waals surface area contributed by atoms with Crippen molar-refractivity contribution in [3.8, 4) is 0 Å². The molecule has 0 atom stereocenters. The molecule has 1 spiro atoms. The first kappa shape index (κ1) is 13.4. The van der Waals surface area contributed by atoms with E-state index in [1.807, 2.05) is 6.07 Å². The molecule has 1 saturated carbocycles. The van der Waals surface area contributed by atoms with Crippen LogP contribution in [0.4, 0.5) is 10.6 Å². The highest BCUT2D eigenvalue weighted by atomic mass is 35.5. The first-order valence-corrected chi connectivity index (χ1v) is 7.08. The molecule has 1 amide bonds. The summed E-state index contributed by atoms with van der Waals surface area (Å²) in [6.45, 7) is 0.492. The smallest absolute Gasteiger partial charge is 0.416 e. The second-order valence-corrected chi connectivity index (χ2v) is 5.78. The molecule has 6 heteroatoms. The van der Waals surface area contributed by atoms with Crippen molar-refractivity contribution in [3.05, 3.63) is 24.4 Å². The maximum absolute atomic E-state index is 12.0. The van der Waals surface area contributed by atoms with Crippen LogP contribution in [0.1, 0.15) is 25.7 Å². The van der Waals surface area contributed by atoms with Gasteiger partial charge in [-0.1, -0.05) is 6.07 Å². The molecule has 2 aliphatic rings. The molecule has 1 aliphatic carbocycles. The Hall–Kier alpha value is -1.62. The lowest BCUT2D eigenvalue weighted by Gasteiger charge is -2.33. The molecule has 1 aromatic heterocycles. The van der Waals surface area contributed by atoms with E-state index in [1.165, 1.54) is 0 Å². The van der Waals surface area contributed by atoms with Gasteiger partial charge in [-0.15, -0.1) is 0 Å². The number of carbonyl (C=O) groups excluding carboxylic acids is 2. The molecule has 2 fully saturated rings. The minimum Gasteiger partial charge on any atom is -0.441 e. The molecule has 3 rings (SSSR count). The highest BCUT2D eigenvalue weighted by molar-refractivity contribution is 6.63. The number of rotatable bonds is 2. The normalized spacial score (nSPS) is 29.6. The van der Waals surface area contributed by atoms with Gasteiger partial charge in [0.2, 0.25) is 5.24 Å². The minimum absolute atomic E-state index is 0.107. The topological polar surface area (TPSA) is 59.5 Å². The van der Waals surface area contributed by atoms with Crippen LogP contribution in [0.5, 0.6) is 0 Å². The van der Waals surface area contributed by atoms with E-state index < -0.39 is 5.60 Å². The SMILES string of the molecule is O=C1O[C@]2(CC[C@H](C(=O)Cl)CC2)CN1c1ccccn1. The number of ether oxygens (including phenoxy) is 1. The average molecular weight is 295 g/mol. The van der Waals surface area contributed by atoms with Crippen LogP contribution < -0.4 is 4.90 Å². The van der Waals surface area contributed by atoms with E-state index in [4.69, 9.17) is 16.3 Å². The van der Waals surface area contributed by atoms with Gasteiger partial charge >= 0.3 is 6.09 Å². The van der Waals surface area contributed by atoms with E-state index >= 15 is 0 Å². The Labute approximate surface area is 121 Å². The summed E-state index contributed by atoms with van der Waals surface area (Å²) in [7, 11) is 0. The Kier molecular flexibility index (Phi) is 3.38. The summed E-state index contributed by atoms with van der Waals surface area (Å²) >= 11 is 5.54. The molecule has 0 unspecified atom stereocenters. The Morgan fingerprint density at radius 3 is 2.75 bits per heavy atom. The first-order chi connectivity index (χ1) is 9.60. The van der Waals surface area contributed by atoms with Crippen LogP contribution in [0, 0.1) is 5.92 Å². The molecule has 0 bridgehead atoms. The van der Waals surface area contributed by atoms with Crippen LogP contribution in [0.15, 0.2) is 24.4 Å². The predicted molar refractivity (Wildman–Crippen MR) is 73.6 cm³/mol. The fourth-order valence-corrected chi connectivity index (χ4v) is 3.16. The molecule has 106 valence electrons. The van der Waals surface area contributed by atoms with E-state index in [-0.39, 0.29) is 17.3 Å². The van der Waals surface area contributed by atoms with Gasteiger partial charge in [0, 0.05) is 12.1 Å². The Morgan fingerprint density at radius 1 is 1.40 bits per heavy atom. The number of nitrogens with zero attached hydrogens (tertiary/aromatic N) is 2. The van der Waals surface area contributed by atoms with Gasteiger partial charge in [-0.2, -0.15) is 0 Å². The second kappa shape index (κ2) is 5.05. The predicted octanol–water partition coefficient (Wildman–Crippen LogP) is 2.73. The lowest BCUT2D eigenvalue weighted by molar-refractivity contribution is -0.117. The third-order valence-electron chi connectivity index (χ3n) is 4.11. The van der Waals surface area contributed by atoms with E-state index in [9.17, 15) is 9.59 Å². The van der Waals surface area contributed by atoms with Crippen molar-refractivity contribution in [1.82, 2.24) is 4.98 Å². The third kappa shape index (κ3) is 2.38. The molecular weight excluding hydrogens is 280 g/mol. The Bertz CT molecular complexity index is 526. The Morgan fingerprint density at radius 2 is 2.15 bits per heavy atom. The molecule has 0 aromatic carbocycles. The number of carbonyl (C=O) groups is 2. The van der Waals surface area contributed by atoms with Crippen molar-refractivity contribution >= 4 is 28.8 Å². The largest absolute Gasteiger partial charge is 0.441 e. The number of hydrogen-bond acceptors (Lipinski definition) is 4. The van der Waals surface area contributed by atoms with E-state index in [2.05, 4.69) is 4.98 Å². The van der Waals surface area contributed by atoms with Crippen molar-refractivity contribution < 1.29 is 14.3 Å². The zero-order chi connectivity index (χ0) is 14.2. The number of halogens is 1. The minimum atomic E-state index is -0.489. The number of amides is 1. The van der Waals surface area contributed by atoms with Crippen molar-refractivity contribution in [2.45, 2.75) is 31.3 Å². The zero-order valence-corrected chi connectivity index (χ0v) is 11.7. The van der Waals surface area contributed by atoms with Gasteiger partial charge in [0.1, 0.15) is 11.4 Å². The average Bonchev–Trinajstić information content (AvgIpc) is 2.77. The number of hydrogen-bond donors (Lipinski definition) is 0. The van der Waals surface area contributed by atoms with Gasteiger partial charge in [0.25, 0.3) is 0 Å². The van der Waals surface area contributed by atoms with Crippen LogP contribution >= 0.6 is 11.6 Å². The fourth-order valence-electron chi connectivity index (χ4n) is 2.94. The van der Waals surface area contributed by atoms with Gasteiger partial charge < -0.3 is 4.74 Å². The van der Waals surface area contributed by atoms with Gasteiger partial charge in [-0.25, -0.2) is 9.78 Å². The first-order valence-electron chi connectivity index (χ1n) is 6.71. The highest BCUT2D eigenvalue weighted by Gasteiger charge is 2.48. The molecule has 0 radical (unpaired) electrons. The van der Waals surface area contributed by atoms with Crippen molar-refractivity contribution in [1.29, 1.82) is 0 Å². The van der Waals surface area contributed by atoms with Crippen molar-refractivity contribution in [3.63, 3.8) is 0 Å². The van der Waals surface area contributed by atoms with Crippen LogP contribution in [-0.2, 0) is 9.53 Å². The zero-order valence-electron chi connectivity index (χ0n) is 10.9. The lowest BCUT2D eigenvalue weighted by atomic mass is 9.79. The third-order valence-corrected chi connectivity index (χ3v) is 4.42. The highest BCUT2D eigenvalue weighted by Crippen LogP contribution is 2.40. The second-order valence-electron chi connectivity index (χ2n) is 5.40. The molecule has 0 N–H and O–H groups in total. The maximum Gasteiger partial charge on any atom is 0.416 e. The summed E-state index contributed by atoms with van der Waals surface area (Å²) < 4.78 is 5.58. The van der Waals surface area contributed by atoms with Gasteiger partial charge in [-0.05, 0) is 49.4 Å². The summed E-state index contributed by atoms with van der Waals surface area (Å²) in [6.07, 6.45) is 3.98. The number of anilines is 1. The van der Waals surface area contributed by atoms with Gasteiger partial charge in [0.15, 0.2) is 0 Å². The standard InChI is InChI=1S/C14H15ClN2O3/c15-12(18)10-4-6-14(7-5-10)9-17(13(19)20-14)11-3-1-2-8-16-11/h1-3,8,10H,4-7,9H2/t10-,14-. The molecule has 20 heavy (non-hydrogen) atoms.